The van der Waals surface area contributed by atoms with E-state index in [-0.39, 0.29) is 27.0 Å². The zero-order valence-corrected chi connectivity index (χ0v) is 18.3. The average molecular weight is 481 g/mol. The molecule has 0 saturated heterocycles. The van der Waals surface area contributed by atoms with E-state index in [1.807, 2.05) is 0 Å². The number of thioether (sulfide) groups is 1. The highest BCUT2D eigenvalue weighted by Crippen LogP contribution is 2.31. The number of fused-ring (bicyclic) bond motifs is 1. The van der Waals surface area contributed by atoms with Crippen molar-refractivity contribution in [3.05, 3.63) is 94.9 Å². The van der Waals surface area contributed by atoms with Crippen molar-refractivity contribution in [2.75, 3.05) is 11.9 Å². The monoisotopic (exact) mass is 481 g/mol. The van der Waals surface area contributed by atoms with E-state index in [9.17, 15) is 23.2 Å². The quantitative estimate of drug-likeness (QED) is 0.309. The Morgan fingerprint density at radius 3 is 2.32 bits per heavy atom. The van der Waals surface area contributed by atoms with Crippen molar-refractivity contribution in [2.45, 2.75) is 10.7 Å². The SMILES string of the molecule is O=C(COC(=O)c1nn(-c2ccccc2)c(=O)c2ccccc12)Nc1ccccc1SC(F)F. The molecule has 34 heavy (non-hydrogen) atoms. The summed E-state index contributed by atoms with van der Waals surface area (Å²) < 4.78 is 31.7. The Hall–Kier alpha value is -4.05. The lowest BCUT2D eigenvalue weighted by Crippen LogP contribution is -2.26. The highest BCUT2D eigenvalue weighted by molar-refractivity contribution is 7.99. The maximum Gasteiger partial charge on any atom is 0.359 e. The first kappa shape index (κ1) is 23.1. The Balaban J connectivity index is 1.57. The number of nitrogens with zero attached hydrogens (tertiary/aromatic N) is 2. The number of alkyl halides is 2. The first-order valence-electron chi connectivity index (χ1n) is 10.0. The van der Waals surface area contributed by atoms with Crippen LogP contribution in [0.1, 0.15) is 10.5 Å². The standard InChI is InChI=1S/C24H17F2N3O4S/c25-24(26)34-19-13-7-6-12-18(19)27-20(30)14-33-23(32)21-16-10-4-5-11-17(16)22(31)29(28-21)15-8-2-1-3-9-15/h1-13,24H,14H2,(H,27,30). The lowest BCUT2D eigenvalue weighted by atomic mass is 10.1. The summed E-state index contributed by atoms with van der Waals surface area (Å²) >= 11 is 0.292. The first-order chi connectivity index (χ1) is 16.4. The van der Waals surface area contributed by atoms with Crippen molar-refractivity contribution < 1.29 is 23.1 Å². The van der Waals surface area contributed by atoms with Gasteiger partial charge in [-0.2, -0.15) is 18.6 Å². The fourth-order valence-electron chi connectivity index (χ4n) is 3.24. The summed E-state index contributed by atoms with van der Waals surface area (Å²) in [5.74, 6) is -4.28. The minimum absolute atomic E-state index is 0.138. The molecule has 0 unspecified atom stereocenters. The highest BCUT2D eigenvalue weighted by atomic mass is 32.2. The number of carbonyl (C=O) groups is 2. The number of ether oxygens (including phenoxy) is 1. The largest absolute Gasteiger partial charge is 0.451 e. The van der Waals surface area contributed by atoms with E-state index in [0.717, 1.165) is 4.68 Å². The van der Waals surface area contributed by atoms with Gasteiger partial charge in [-0.15, -0.1) is 0 Å². The van der Waals surface area contributed by atoms with E-state index < -0.39 is 29.8 Å². The van der Waals surface area contributed by atoms with Crippen LogP contribution in [0.3, 0.4) is 0 Å². The van der Waals surface area contributed by atoms with Crippen LogP contribution >= 0.6 is 11.8 Å². The lowest BCUT2D eigenvalue weighted by molar-refractivity contribution is -0.119. The van der Waals surface area contributed by atoms with Gasteiger partial charge < -0.3 is 10.1 Å². The Kier molecular flexibility index (Phi) is 6.98. The molecule has 3 aromatic carbocycles. The smallest absolute Gasteiger partial charge is 0.359 e. The zero-order chi connectivity index (χ0) is 24.1. The molecule has 0 aliphatic carbocycles. The molecule has 1 heterocycles. The predicted octanol–water partition coefficient (Wildman–Crippen LogP) is 4.50. The molecular weight excluding hydrogens is 464 g/mol. The van der Waals surface area contributed by atoms with Crippen LogP contribution in [0.2, 0.25) is 0 Å². The molecule has 4 rings (SSSR count). The number of benzene rings is 3. The number of para-hydroxylation sites is 2. The summed E-state index contributed by atoms with van der Waals surface area (Å²) in [4.78, 5) is 38.3. The van der Waals surface area contributed by atoms with Crippen molar-refractivity contribution in [3.63, 3.8) is 0 Å². The lowest BCUT2D eigenvalue weighted by Gasteiger charge is -2.12. The van der Waals surface area contributed by atoms with Crippen LogP contribution in [-0.4, -0.2) is 34.0 Å². The molecule has 1 aromatic heterocycles. The number of rotatable bonds is 7. The molecule has 1 amide bonds. The van der Waals surface area contributed by atoms with Crippen molar-refractivity contribution in [1.82, 2.24) is 9.78 Å². The van der Waals surface area contributed by atoms with E-state index in [0.29, 0.717) is 17.4 Å². The van der Waals surface area contributed by atoms with Gasteiger partial charge in [-0.1, -0.05) is 60.3 Å². The molecule has 0 fully saturated rings. The van der Waals surface area contributed by atoms with Crippen LogP contribution in [-0.2, 0) is 9.53 Å². The third-order valence-electron chi connectivity index (χ3n) is 4.71. The minimum Gasteiger partial charge on any atom is -0.451 e. The molecule has 0 saturated carbocycles. The van der Waals surface area contributed by atoms with Gasteiger partial charge >= 0.3 is 5.97 Å². The number of halogens is 2. The first-order valence-corrected chi connectivity index (χ1v) is 10.9. The third kappa shape index (κ3) is 5.12. The zero-order valence-electron chi connectivity index (χ0n) is 17.5. The molecule has 0 aliphatic heterocycles. The van der Waals surface area contributed by atoms with Crippen molar-refractivity contribution >= 4 is 40.1 Å². The molecule has 0 bridgehead atoms. The molecule has 7 nitrogen and oxygen atoms in total. The van der Waals surface area contributed by atoms with Crippen molar-refractivity contribution in [2.24, 2.45) is 0 Å². The summed E-state index contributed by atoms with van der Waals surface area (Å²) in [6.07, 6.45) is 0. The van der Waals surface area contributed by atoms with Gasteiger partial charge in [0, 0.05) is 10.3 Å². The van der Waals surface area contributed by atoms with Gasteiger partial charge in [0.2, 0.25) is 0 Å². The Morgan fingerprint density at radius 1 is 0.941 bits per heavy atom. The number of aromatic nitrogens is 2. The molecule has 0 aliphatic rings. The van der Waals surface area contributed by atoms with E-state index in [1.165, 1.54) is 12.1 Å². The van der Waals surface area contributed by atoms with E-state index >= 15 is 0 Å². The molecule has 0 atom stereocenters. The van der Waals surface area contributed by atoms with Crippen LogP contribution < -0.4 is 10.9 Å². The number of anilines is 1. The molecule has 4 aromatic rings. The summed E-state index contributed by atoms with van der Waals surface area (Å²) in [6, 6.07) is 21.1. The van der Waals surface area contributed by atoms with Crippen molar-refractivity contribution in [1.29, 1.82) is 0 Å². The molecule has 0 spiro atoms. The normalized spacial score (nSPS) is 10.9. The number of amides is 1. The molecule has 0 radical (unpaired) electrons. The minimum atomic E-state index is -2.66. The second-order valence-electron chi connectivity index (χ2n) is 6.95. The second kappa shape index (κ2) is 10.3. The van der Waals surface area contributed by atoms with E-state index in [2.05, 4.69) is 10.4 Å². The molecular formula is C24H17F2N3O4S. The summed E-state index contributed by atoms with van der Waals surface area (Å²) in [6.45, 7) is -0.674. The van der Waals surface area contributed by atoms with Gasteiger partial charge in [0.1, 0.15) is 0 Å². The second-order valence-corrected chi connectivity index (χ2v) is 7.98. The van der Waals surface area contributed by atoms with Crippen LogP contribution in [0.15, 0.2) is 88.6 Å². The molecule has 10 heteroatoms. The maximum absolute atomic E-state index is 12.9. The maximum atomic E-state index is 12.9. The number of carbonyl (C=O) groups excluding carboxylic acids is 2. The Morgan fingerprint density at radius 2 is 1.59 bits per heavy atom. The Labute approximate surface area is 196 Å². The topological polar surface area (TPSA) is 90.3 Å². The van der Waals surface area contributed by atoms with Crippen molar-refractivity contribution in [3.8, 4) is 5.69 Å². The van der Waals surface area contributed by atoms with Crippen LogP contribution in [0.25, 0.3) is 16.5 Å². The van der Waals surface area contributed by atoms with Crippen LogP contribution in [0.5, 0.6) is 0 Å². The third-order valence-corrected chi connectivity index (χ3v) is 5.50. The van der Waals surface area contributed by atoms with Crippen LogP contribution in [0, 0.1) is 0 Å². The van der Waals surface area contributed by atoms with Gasteiger partial charge in [-0.05, 0) is 30.3 Å². The highest BCUT2D eigenvalue weighted by Gasteiger charge is 2.20. The molecule has 1 N–H and O–H groups in total. The number of esters is 1. The van der Waals surface area contributed by atoms with Crippen LogP contribution in [0.4, 0.5) is 14.5 Å². The van der Waals surface area contributed by atoms with Gasteiger partial charge in [-0.3, -0.25) is 9.59 Å². The number of hydrogen-bond acceptors (Lipinski definition) is 6. The average Bonchev–Trinajstić information content (AvgIpc) is 2.84. The van der Waals surface area contributed by atoms with Gasteiger partial charge in [0.15, 0.2) is 12.3 Å². The fraction of sp³-hybridized carbons (Fsp3) is 0.0833. The summed E-state index contributed by atoms with van der Waals surface area (Å²) in [7, 11) is 0. The van der Waals surface area contributed by atoms with E-state index in [4.69, 9.17) is 4.74 Å². The van der Waals surface area contributed by atoms with Gasteiger partial charge in [0.25, 0.3) is 17.2 Å². The van der Waals surface area contributed by atoms with Gasteiger partial charge in [-0.25, -0.2) is 4.79 Å². The summed E-state index contributed by atoms with van der Waals surface area (Å²) in [5.41, 5.74) is 0.0815. The number of nitrogens with one attached hydrogen (secondary N) is 1. The fourth-order valence-corrected chi connectivity index (χ4v) is 3.83. The summed E-state index contributed by atoms with van der Waals surface area (Å²) in [5, 5.41) is 7.19. The number of hydrogen-bond donors (Lipinski definition) is 1. The Bertz CT molecular complexity index is 1410. The van der Waals surface area contributed by atoms with Gasteiger partial charge in [0.05, 0.1) is 16.8 Å². The predicted molar refractivity (Wildman–Crippen MR) is 125 cm³/mol. The molecule has 172 valence electrons. The van der Waals surface area contributed by atoms with E-state index in [1.54, 1.807) is 66.7 Å².